The Hall–Kier alpha value is -2.22. The maximum Gasteiger partial charge on any atom is 0.278 e. The van der Waals surface area contributed by atoms with Crippen molar-refractivity contribution in [3.05, 3.63) is 70.2 Å². The molecule has 0 saturated carbocycles. The summed E-state index contributed by atoms with van der Waals surface area (Å²) >= 11 is 1.41. The van der Waals surface area contributed by atoms with Gasteiger partial charge in [-0.2, -0.15) is 0 Å². The lowest BCUT2D eigenvalue weighted by atomic mass is 10.1. The third-order valence-electron chi connectivity index (χ3n) is 4.09. The molecule has 3 aromatic rings. The maximum atomic E-state index is 12.6. The fourth-order valence-electron chi connectivity index (χ4n) is 2.52. The summed E-state index contributed by atoms with van der Waals surface area (Å²) in [5, 5.41) is 2.41. The Morgan fingerprint density at radius 1 is 1.04 bits per heavy atom. The van der Waals surface area contributed by atoms with Crippen LogP contribution in [0, 0.1) is 20.8 Å². The molecule has 0 aliphatic heterocycles. The zero-order chi connectivity index (χ0) is 18.7. The highest BCUT2D eigenvalue weighted by molar-refractivity contribution is 7.89. The van der Waals surface area contributed by atoms with Gasteiger partial charge in [0.15, 0.2) is 0 Å². The van der Waals surface area contributed by atoms with Crippen molar-refractivity contribution in [2.24, 2.45) is 0 Å². The van der Waals surface area contributed by atoms with Crippen LogP contribution in [0.1, 0.15) is 22.3 Å². The van der Waals surface area contributed by atoms with Gasteiger partial charge in [0.2, 0.25) is 10.0 Å². The van der Waals surface area contributed by atoms with Crippen molar-refractivity contribution < 1.29 is 13.2 Å². The van der Waals surface area contributed by atoms with E-state index in [4.69, 9.17) is 4.74 Å². The Morgan fingerprint density at radius 2 is 1.73 bits per heavy atom. The van der Waals surface area contributed by atoms with E-state index in [9.17, 15) is 8.42 Å². The highest BCUT2D eigenvalue weighted by atomic mass is 32.2. The van der Waals surface area contributed by atoms with Crippen molar-refractivity contribution in [3.63, 3.8) is 0 Å². The number of aromatic nitrogens is 1. The highest BCUT2D eigenvalue weighted by Crippen LogP contribution is 2.24. The van der Waals surface area contributed by atoms with Gasteiger partial charge in [-0.05, 0) is 61.2 Å². The van der Waals surface area contributed by atoms with Gasteiger partial charge in [-0.25, -0.2) is 18.1 Å². The summed E-state index contributed by atoms with van der Waals surface area (Å²) in [7, 11) is -3.57. The second kappa shape index (κ2) is 7.57. The standard InChI is InChI=1S/C19H20N2O3S2/c1-13-10-15(3)18(11-14(13)2)26(22,23)21-12-16-4-6-17(7-5-16)24-19-20-8-9-25-19/h4-11,21H,12H2,1-3H3. The van der Waals surface area contributed by atoms with Gasteiger partial charge in [0.25, 0.3) is 5.19 Å². The predicted octanol–water partition coefficient (Wildman–Crippen LogP) is 4.34. The third-order valence-corrected chi connectivity index (χ3v) is 6.28. The van der Waals surface area contributed by atoms with E-state index in [0.717, 1.165) is 22.3 Å². The molecule has 0 unspecified atom stereocenters. The van der Waals surface area contributed by atoms with E-state index in [0.29, 0.717) is 15.8 Å². The van der Waals surface area contributed by atoms with Gasteiger partial charge in [-0.15, -0.1) is 0 Å². The van der Waals surface area contributed by atoms with Crippen LogP contribution in [0.4, 0.5) is 0 Å². The molecule has 1 heterocycles. The SMILES string of the molecule is Cc1cc(C)c(S(=O)(=O)NCc2ccc(Oc3nccs3)cc2)cc1C. The first-order valence-electron chi connectivity index (χ1n) is 8.09. The number of sulfonamides is 1. The molecular formula is C19H20N2O3S2. The smallest absolute Gasteiger partial charge is 0.278 e. The second-order valence-electron chi connectivity index (χ2n) is 6.07. The number of thiazole rings is 1. The summed E-state index contributed by atoms with van der Waals surface area (Å²) in [6.07, 6.45) is 1.68. The molecule has 1 N–H and O–H groups in total. The highest BCUT2D eigenvalue weighted by Gasteiger charge is 2.17. The summed E-state index contributed by atoms with van der Waals surface area (Å²) < 4.78 is 33.5. The largest absolute Gasteiger partial charge is 0.431 e. The first-order valence-corrected chi connectivity index (χ1v) is 10.5. The number of nitrogens with zero attached hydrogens (tertiary/aromatic N) is 1. The van der Waals surface area contributed by atoms with E-state index in [-0.39, 0.29) is 6.54 Å². The molecule has 2 aromatic carbocycles. The minimum absolute atomic E-state index is 0.215. The monoisotopic (exact) mass is 388 g/mol. The number of hydrogen-bond donors (Lipinski definition) is 1. The van der Waals surface area contributed by atoms with Crippen LogP contribution in [0.3, 0.4) is 0 Å². The van der Waals surface area contributed by atoms with Crippen molar-refractivity contribution in [2.75, 3.05) is 0 Å². The zero-order valence-corrected chi connectivity index (χ0v) is 16.4. The molecule has 0 amide bonds. The van der Waals surface area contributed by atoms with E-state index in [1.165, 1.54) is 11.3 Å². The first kappa shape index (κ1) is 18.6. The first-order chi connectivity index (χ1) is 12.3. The molecule has 0 aliphatic rings. The van der Waals surface area contributed by atoms with Crippen LogP contribution in [-0.2, 0) is 16.6 Å². The summed E-state index contributed by atoms with van der Waals surface area (Å²) in [6, 6.07) is 10.9. The molecular weight excluding hydrogens is 368 g/mol. The molecule has 7 heteroatoms. The van der Waals surface area contributed by atoms with Crippen molar-refractivity contribution in [3.8, 4) is 10.9 Å². The van der Waals surface area contributed by atoms with Crippen LogP contribution in [0.2, 0.25) is 0 Å². The molecule has 0 bridgehead atoms. The lowest BCUT2D eigenvalue weighted by molar-refractivity contribution is 0.478. The summed E-state index contributed by atoms with van der Waals surface area (Å²) in [5.74, 6) is 0.663. The number of benzene rings is 2. The van der Waals surface area contributed by atoms with Gasteiger partial charge in [-0.3, -0.25) is 0 Å². The van der Waals surface area contributed by atoms with Crippen LogP contribution >= 0.6 is 11.3 Å². The Bertz CT molecular complexity index is 996. The van der Waals surface area contributed by atoms with Gasteiger partial charge in [-0.1, -0.05) is 29.5 Å². The van der Waals surface area contributed by atoms with E-state index >= 15 is 0 Å². The molecule has 0 spiro atoms. The average molecular weight is 389 g/mol. The average Bonchev–Trinajstić information content (AvgIpc) is 3.10. The Labute approximate surface area is 157 Å². The number of nitrogens with one attached hydrogen (secondary N) is 1. The quantitative estimate of drug-likeness (QED) is 0.682. The van der Waals surface area contributed by atoms with Crippen LogP contribution in [-0.4, -0.2) is 13.4 Å². The normalized spacial score (nSPS) is 11.5. The van der Waals surface area contributed by atoms with Crippen LogP contribution in [0.5, 0.6) is 10.9 Å². The van der Waals surface area contributed by atoms with Crippen molar-refractivity contribution >= 4 is 21.4 Å². The molecule has 3 rings (SSSR count). The van der Waals surface area contributed by atoms with E-state index in [2.05, 4.69) is 9.71 Å². The molecule has 0 aliphatic carbocycles. The Balaban J connectivity index is 1.69. The number of hydrogen-bond acceptors (Lipinski definition) is 5. The molecule has 0 radical (unpaired) electrons. The van der Waals surface area contributed by atoms with Gasteiger partial charge < -0.3 is 4.74 Å². The van der Waals surface area contributed by atoms with E-state index in [1.54, 1.807) is 24.4 Å². The Morgan fingerprint density at radius 3 is 2.38 bits per heavy atom. The van der Waals surface area contributed by atoms with E-state index in [1.807, 2.05) is 44.4 Å². The topological polar surface area (TPSA) is 68.3 Å². The predicted molar refractivity (Wildman–Crippen MR) is 103 cm³/mol. The minimum Gasteiger partial charge on any atom is -0.431 e. The molecule has 0 atom stereocenters. The summed E-state index contributed by atoms with van der Waals surface area (Å²) in [4.78, 5) is 4.39. The Kier molecular flexibility index (Phi) is 5.41. The van der Waals surface area contributed by atoms with Gasteiger partial charge >= 0.3 is 0 Å². The molecule has 26 heavy (non-hydrogen) atoms. The molecule has 136 valence electrons. The maximum absolute atomic E-state index is 12.6. The van der Waals surface area contributed by atoms with Crippen molar-refractivity contribution in [1.82, 2.24) is 9.71 Å². The van der Waals surface area contributed by atoms with Gasteiger partial charge in [0, 0.05) is 18.1 Å². The fourth-order valence-corrected chi connectivity index (χ4v) is 4.35. The van der Waals surface area contributed by atoms with Crippen LogP contribution in [0.25, 0.3) is 0 Å². The lowest BCUT2D eigenvalue weighted by Crippen LogP contribution is -2.24. The van der Waals surface area contributed by atoms with Crippen molar-refractivity contribution in [2.45, 2.75) is 32.2 Å². The minimum atomic E-state index is -3.57. The number of ether oxygens (including phenoxy) is 1. The number of rotatable bonds is 6. The van der Waals surface area contributed by atoms with Gasteiger partial charge in [0.1, 0.15) is 5.75 Å². The summed E-state index contributed by atoms with van der Waals surface area (Å²) in [6.45, 7) is 5.91. The molecule has 0 saturated heterocycles. The van der Waals surface area contributed by atoms with Crippen LogP contribution in [0.15, 0.2) is 52.9 Å². The van der Waals surface area contributed by atoms with E-state index < -0.39 is 10.0 Å². The van der Waals surface area contributed by atoms with Gasteiger partial charge in [0.05, 0.1) is 4.90 Å². The van der Waals surface area contributed by atoms with Crippen LogP contribution < -0.4 is 9.46 Å². The fraction of sp³-hybridized carbons (Fsp3) is 0.211. The third kappa shape index (κ3) is 4.30. The summed E-state index contributed by atoms with van der Waals surface area (Å²) in [5.41, 5.74) is 3.63. The second-order valence-corrected chi connectivity index (χ2v) is 8.66. The molecule has 0 fully saturated rings. The number of aryl methyl sites for hydroxylation is 3. The van der Waals surface area contributed by atoms with Crippen molar-refractivity contribution in [1.29, 1.82) is 0 Å². The zero-order valence-electron chi connectivity index (χ0n) is 14.8. The molecule has 5 nitrogen and oxygen atoms in total. The molecule has 1 aromatic heterocycles. The lowest BCUT2D eigenvalue weighted by Gasteiger charge is -2.12.